The number of allylic oxidation sites excluding steroid dienone is 1. The van der Waals surface area contributed by atoms with E-state index >= 15 is 0 Å². The van der Waals surface area contributed by atoms with E-state index in [0.29, 0.717) is 5.57 Å². The molecule has 50 heavy (non-hydrogen) atoms. The van der Waals surface area contributed by atoms with Crippen molar-refractivity contribution in [1.82, 2.24) is 20.6 Å². The Bertz CT molecular complexity index is 1670. The van der Waals surface area contributed by atoms with E-state index in [-0.39, 0.29) is 28.0 Å². The number of carbonyl (C=O) groups excluding carboxylic acids is 5. The number of hydrogen-bond donors (Lipinski definition) is 3. The number of anilines is 1. The molecule has 2 aromatic heterocycles. The number of thiazole rings is 2. The van der Waals surface area contributed by atoms with Crippen LogP contribution < -0.4 is 16.4 Å². The van der Waals surface area contributed by atoms with E-state index < -0.39 is 65.6 Å². The van der Waals surface area contributed by atoms with Crippen LogP contribution in [0.3, 0.4) is 0 Å². The van der Waals surface area contributed by atoms with Gasteiger partial charge in [-0.05, 0) is 60.1 Å². The van der Waals surface area contributed by atoms with Crippen LogP contribution in [0.2, 0.25) is 0 Å². The third-order valence-corrected chi connectivity index (χ3v) is 9.25. The second-order valence-electron chi connectivity index (χ2n) is 12.6. The number of esters is 4. The van der Waals surface area contributed by atoms with Crippen molar-refractivity contribution in [3.8, 4) is 0 Å². The smallest absolute Gasteiger partial charge is 0.357 e. The first-order chi connectivity index (χ1) is 23.4. The zero-order chi connectivity index (χ0) is 37.2. The minimum absolute atomic E-state index is 0.0664. The van der Waals surface area contributed by atoms with Crippen LogP contribution in [0.1, 0.15) is 57.8 Å². The highest BCUT2D eigenvalue weighted by atomic mass is 32.2. The predicted octanol–water partition coefficient (Wildman–Crippen LogP) is 3.14. The van der Waals surface area contributed by atoms with Gasteiger partial charge in [-0.1, -0.05) is 11.2 Å². The van der Waals surface area contributed by atoms with Crippen LogP contribution in [-0.2, 0) is 47.8 Å². The molecule has 3 rings (SSSR count). The van der Waals surface area contributed by atoms with E-state index in [1.807, 2.05) is 6.92 Å². The Labute approximate surface area is 301 Å². The van der Waals surface area contributed by atoms with Gasteiger partial charge in [0.1, 0.15) is 23.9 Å². The lowest BCUT2D eigenvalue weighted by Crippen LogP contribution is -2.56. The number of aryl methyl sites for hydroxylation is 1. The van der Waals surface area contributed by atoms with Crippen molar-refractivity contribution in [2.24, 2.45) is 16.0 Å². The molecule has 0 fully saturated rings. The zero-order valence-corrected chi connectivity index (χ0v) is 31.3. The first-order valence-corrected chi connectivity index (χ1v) is 17.7. The molecular formula is C31H40N6O10S3. The minimum Gasteiger partial charge on any atom is -0.427 e. The number of amides is 1. The number of ether oxygens (including phenoxy) is 4. The largest absolute Gasteiger partial charge is 0.427 e. The van der Waals surface area contributed by atoms with Crippen molar-refractivity contribution < 1.29 is 47.8 Å². The summed E-state index contributed by atoms with van der Waals surface area (Å²) in [6.07, 6.45) is 3.48. The fraction of sp³-hybridized carbons (Fsp3) is 0.484. The zero-order valence-electron chi connectivity index (χ0n) is 28.8. The molecule has 0 bridgehead atoms. The van der Waals surface area contributed by atoms with E-state index in [1.54, 1.807) is 59.2 Å². The van der Waals surface area contributed by atoms with Crippen LogP contribution in [0, 0.1) is 17.8 Å². The van der Waals surface area contributed by atoms with Gasteiger partial charge in [-0.3, -0.25) is 14.4 Å². The van der Waals surface area contributed by atoms with Crippen molar-refractivity contribution in [3.63, 3.8) is 0 Å². The molecule has 2 atom stereocenters. The molecule has 1 amide bonds. The molecule has 0 aliphatic carbocycles. The maximum Gasteiger partial charge on any atom is 0.357 e. The van der Waals surface area contributed by atoms with Gasteiger partial charge in [0, 0.05) is 16.0 Å². The van der Waals surface area contributed by atoms with Gasteiger partial charge in [0.15, 0.2) is 16.9 Å². The van der Waals surface area contributed by atoms with Crippen molar-refractivity contribution in [1.29, 1.82) is 0 Å². The SMILES string of the molecule is CO/N=C(\C(=O)NC(C(=O)OCOC(=O)C(C)(C)C)C1NC(C(=O)OCOC(=O)C(C)(C)C)=C(/C=C\c2scnc2C)CS1)c1csc(N)n1. The highest BCUT2D eigenvalue weighted by Gasteiger charge is 2.38. The standard InChI is InChI=1S/C31H40N6O10S3/c1-16-19(50-13-33-16)10-9-17-11-48-24(36-20(17)25(39)44-14-46-27(41)30(2,3)4)22(26(40)45-15-47-28(42)31(5,6)7)35-23(38)21(37-43-8)18-12-49-29(32)34-18/h9-10,12-13,22,24,36H,11,14-15H2,1-8H3,(H2,32,34)(H,35,38)/b10-9-,37-21-. The lowest BCUT2D eigenvalue weighted by Gasteiger charge is -2.32. The molecule has 2 aromatic rings. The first kappa shape index (κ1) is 39.9. The molecular weight excluding hydrogens is 713 g/mol. The van der Waals surface area contributed by atoms with Gasteiger partial charge in [-0.25, -0.2) is 19.6 Å². The second kappa shape index (κ2) is 17.4. The number of nitrogens with zero attached hydrogens (tertiary/aromatic N) is 3. The Morgan fingerprint density at radius 2 is 1.66 bits per heavy atom. The molecule has 4 N–H and O–H groups in total. The van der Waals surface area contributed by atoms with E-state index in [1.165, 1.54) is 23.8 Å². The maximum atomic E-state index is 13.6. The number of aromatic nitrogens is 2. The normalized spacial score (nSPS) is 15.9. The Kier molecular flexibility index (Phi) is 13.9. The number of nitrogens with one attached hydrogen (secondary N) is 2. The highest BCUT2D eigenvalue weighted by molar-refractivity contribution is 8.00. The van der Waals surface area contributed by atoms with Gasteiger partial charge < -0.3 is 40.2 Å². The number of rotatable bonds is 13. The molecule has 0 spiro atoms. The van der Waals surface area contributed by atoms with Crippen LogP contribution in [0.4, 0.5) is 5.13 Å². The first-order valence-electron chi connectivity index (χ1n) is 14.9. The summed E-state index contributed by atoms with van der Waals surface area (Å²) in [6, 6.07) is -1.50. The molecule has 16 nitrogen and oxygen atoms in total. The molecule has 0 saturated carbocycles. The molecule has 272 valence electrons. The Hall–Kier alpha value is -4.49. The van der Waals surface area contributed by atoms with Gasteiger partial charge in [-0.2, -0.15) is 0 Å². The lowest BCUT2D eigenvalue weighted by molar-refractivity contribution is -0.175. The maximum absolute atomic E-state index is 13.6. The number of nitrogens with two attached hydrogens (primary N) is 1. The summed E-state index contributed by atoms with van der Waals surface area (Å²) in [4.78, 5) is 79.1. The number of thioether (sulfide) groups is 1. The van der Waals surface area contributed by atoms with Crippen LogP contribution in [-0.4, -0.2) is 83.3 Å². The summed E-state index contributed by atoms with van der Waals surface area (Å²) >= 11 is 3.62. The molecule has 19 heteroatoms. The lowest BCUT2D eigenvalue weighted by atomic mass is 9.97. The Balaban J connectivity index is 1.94. The van der Waals surface area contributed by atoms with Gasteiger partial charge in [0.2, 0.25) is 13.6 Å². The molecule has 3 heterocycles. The van der Waals surface area contributed by atoms with E-state index in [4.69, 9.17) is 29.5 Å². The molecule has 1 aliphatic rings. The van der Waals surface area contributed by atoms with Gasteiger partial charge in [0.05, 0.1) is 22.0 Å². The molecule has 0 radical (unpaired) electrons. The quantitative estimate of drug-likeness (QED) is 0.116. The molecule has 0 aromatic carbocycles. The number of oxime groups is 1. The number of hydrogen-bond acceptors (Lipinski definition) is 18. The van der Waals surface area contributed by atoms with Crippen LogP contribution in [0.5, 0.6) is 0 Å². The number of nitrogen functional groups attached to an aromatic ring is 1. The average Bonchev–Trinajstić information content (AvgIpc) is 3.67. The van der Waals surface area contributed by atoms with Crippen molar-refractivity contribution in [2.45, 2.75) is 59.9 Å². The summed E-state index contributed by atoms with van der Waals surface area (Å²) in [7, 11) is 1.22. The number of carbonyl (C=O) groups is 5. The van der Waals surface area contributed by atoms with E-state index in [2.05, 4.69) is 25.8 Å². The third-order valence-electron chi connectivity index (χ3n) is 6.45. The molecule has 0 saturated heterocycles. The summed E-state index contributed by atoms with van der Waals surface area (Å²) in [5.74, 6) is -3.85. The van der Waals surface area contributed by atoms with Crippen LogP contribution in [0.15, 0.2) is 33.4 Å². The van der Waals surface area contributed by atoms with Crippen molar-refractivity contribution >= 4 is 81.1 Å². The van der Waals surface area contributed by atoms with Crippen LogP contribution in [0.25, 0.3) is 6.08 Å². The van der Waals surface area contributed by atoms with Gasteiger partial charge in [-0.15, -0.1) is 34.4 Å². The van der Waals surface area contributed by atoms with Crippen LogP contribution >= 0.6 is 34.4 Å². The highest BCUT2D eigenvalue weighted by Crippen LogP contribution is 2.28. The van der Waals surface area contributed by atoms with Gasteiger partial charge in [0.25, 0.3) is 5.91 Å². The Morgan fingerprint density at radius 1 is 1.02 bits per heavy atom. The summed E-state index contributed by atoms with van der Waals surface area (Å²) in [5, 5.41) is 9.90. The third kappa shape index (κ3) is 11.3. The average molecular weight is 753 g/mol. The van der Waals surface area contributed by atoms with E-state index in [0.717, 1.165) is 33.7 Å². The van der Waals surface area contributed by atoms with Gasteiger partial charge >= 0.3 is 23.9 Å². The fourth-order valence-corrected chi connectivity index (χ4v) is 6.12. The Morgan fingerprint density at radius 3 is 2.20 bits per heavy atom. The summed E-state index contributed by atoms with van der Waals surface area (Å²) < 4.78 is 20.8. The molecule has 1 aliphatic heterocycles. The summed E-state index contributed by atoms with van der Waals surface area (Å²) in [6.45, 7) is 10.3. The minimum atomic E-state index is -1.50. The predicted molar refractivity (Wildman–Crippen MR) is 187 cm³/mol. The summed E-state index contributed by atoms with van der Waals surface area (Å²) in [5.41, 5.74) is 6.71. The second-order valence-corrected chi connectivity index (χ2v) is 15.5. The van der Waals surface area contributed by atoms with Crippen molar-refractivity contribution in [3.05, 3.63) is 44.5 Å². The molecule has 2 unspecified atom stereocenters. The fourth-order valence-electron chi connectivity index (χ4n) is 3.71. The van der Waals surface area contributed by atoms with Crippen molar-refractivity contribution in [2.75, 3.05) is 32.2 Å². The monoisotopic (exact) mass is 752 g/mol. The van der Waals surface area contributed by atoms with E-state index in [9.17, 15) is 24.0 Å². The topological polar surface area (TPSA) is 220 Å².